The highest BCUT2D eigenvalue weighted by molar-refractivity contribution is 5.96. The second-order valence-corrected chi connectivity index (χ2v) is 10.8. The van der Waals surface area contributed by atoms with Crippen LogP contribution < -0.4 is 10.1 Å². The number of aliphatic carboxylic acids is 2. The van der Waals surface area contributed by atoms with Crippen molar-refractivity contribution in [3.8, 4) is 17.2 Å². The second kappa shape index (κ2) is 15.0. The first-order valence-corrected chi connectivity index (χ1v) is 14.8. The van der Waals surface area contributed by atoms with Gasteiger partial charge in [-0.3, -0.25) is 14.4 Å². The minimum absolute atomic E-state index is 0.102. The summed E-state index contributed by atoms with van der Waals surface area (Å²) in [5, 5.41) is 20.4. The van der Waals surface area contributed by atoms with Crippen molar-refractivity contribution < 1.29 is 33.8 Å². The fraction of sp³-hybridized carbons (Fsp3) is 0.314. The molecule has 0 bridgehead atoms. The van der Waals surface area contributed by atoms with Gasteiger partial charge in [-0.2, -0.15) is 0 Å². The van der Waals surface area contributed by atoms with E-state index in [0.717, 1.165) is 41.2 Å². The van der Waals surface area contributed by atoms with Gasteiger partial charge in [-0.25, -0.2) is 4.98 Å². The Morgan fingerprint density at radius 3 is 2.32 bits per heavy atom. The van der Waals surface area contributed by atoms with E-state index in [1.54, 1.807) is 30.3 Å². The molecule has 1 heterocycles. The zero-order valence-electron chi connectivity index (χ0n) is 25.2. The summed E-state index contributed by atoms with van der Waals surface area (Å²) >= 11 is 0. The van der Waals surface area contributed by atoms with Crippen molar-refractivity contribution in [3.05, 3.63) is 107 Å². The highest BCUT2D eigenvalue weighted by Crippen LogP contribution is 2.41. The Kier molecular flexibility index (Phi) is 10.9. The maximum Gasteiger partial charge on any atom is 0.325 e. The lowest BCUT2D eigenvalue weighted by Crippen LogP contribution is -2.38. The number of carbonyl (C=O) groups excluding carboxylic acids is 1. The Bertz CT molecular complexity index is 1570. The van der Waals surface area contributed by atoms with Gasteiger partial charge in [0.1, 0.15) is 17.6 Å². The molecule has 4 aromatic rings. The van der Waals surface area contributed by atoms with Crippen molar-refractivity contribution >= 4 is 17.8 Å². The van der Waals surface area contributed by atoms with Gasteiger partial charge in [-0.1, -0.05) is 49.4 Å². The van der Waals surface area contributed by atoms with E-state index in [1.165, 1.54) is 12.5 Å². The van der Waals surface area contributed by atoms with Crippen molar-refractivity contribution in [1.29, 1.82) is 0 Å². The number of hydrogen-bond donors (Lipinski definition) is 3. The van der Waals surface area contributed by atoms with Crippen LogP contribution in [0.1, 0.15) is 65.5 Å². The van der Waals surface area contributed by atoms with Crippen LogP contribution in [0.4, 0.5) is 0 Å². The number of ether oxygens (including phenoxy) is 1. The fourth-order valence-electron chi connectivity index (χ4n) is 5.32. The van der Waals surface area contributed by atoms with E-state index in [-0.39, 0.29) is 17.7 Å². The fourth-order valence-corrected chi connectivity index (χ4v) is 5.32. The van der Waals surface area contributed by atoms with Crippen LogP contribution in [0.3, 0.4) is 0 Å². The van der Waals surface area contributed by atoms with Gasteiger partial charge >= 0.3 is 11.9 Å². The highest BCUT2D eigenvalue weighted by atomic mass is 16.5. The van der Waals surface area contributed by atoms with Gasteiger partial charge < -0.3 is 24.7 Å². The molecule has 3 atom stereocenters. The molecule has 0 fully saturated rings. The third kappa shape index (κ3) is 8.12. The molecular weight excluding hydrogens is 560 g/mol. The number of benzene rings is 3. The van der Waals surface area contributed by atoms with Crippen molar-refractivity contribution in [2.24, 2.45) is 5.92 Å². The van der Waals surface area contributed by atoms with Crippen molar-refractivity contribution in [2.45, 2.75) is 58.4 Å². The number of nitrogens with one attached hydrogen (secondary N) is 1. The summed E-state index contributed by atoms with van der Waals surface area (Å²) < 4.78 is 11.9. The summed E-state index contributed by atoms with van der Waals surface area (Å²) in [7, 11) is 0. The number of fused-ring (bicyclic) bond motifs is 1. The van der Waals surface area contributed by atoms with E-state index in [4.69, 9.17) is 14.3 Å². The smallest absolute Gasteiger partial charge is 0.325 e. The molecule has 1 aliphatic rings. The number of aryl methyl sites for hydroxylation is 2. The quantitative estimate of drug-likeness (QED) is 0.183. The van der Waals surface area contributed by atoms with Crippen molar-refractivity contribution in [2.75, 3.05) is 6.61 Å². The molecule has 9 heteroatoms. The molecular formula is C35H38N2O7. The molecule has 9 nitrogen and oxygen atoms in total. The number of aromatic nitrogens is 1. The molecule has 230 valence electrons. The van der Waals surface area contributed by atoms with E-state index in [1.807, 2.05) is 56.3 Å². The molecule has 1 aliphatic carbocycles. The number of carbonyl (C=O) groups is 3. The predicted octanol–water partition coefficient (Wildman–Crippen LogP) is 6.30. The Morgan fingerprint density at radius 2 is 1.68 bits per heavy atom. The summed E-state index contributed by atoms with van der Waals surface area (Å²) in [4.78, 5) is 37.9. The summed E-state index contributed by atoms with van der Waals surface area (Å²) in [6, 6.07) is 23.5. The van der Waals surface area contributed by atoms with Gasteiger partial charge in [0.05, 0.1) is 18.2 Å². The summed E-state index contributed by atoms with van der Waals surface area (Å²) in [6.07, 6.45) is 3.09. The average molecular weight is 599 g/mol. The Morgan fingerprint density at radius 1 is 1.00 bits per heavy atom. The molecule has 3 aromatic carbocycles. The standard InChI is InChI=1S/C25H27NO4.C10H11NO3/c1-3-20(25(27)28)22-11-9-18-15-19(10-12-21(18)22)29-14-13-23-16(2)26-24(30-23)17-7-5-4-6-8-17;1-7(10(13)14)11-9(12)8-5-3-2-4-6-8/h4-8,10,12,15,20,22H,3,9,11,13-14H2,1-2H3,(H,27,28);2-7H,1H3,(H,11,12)(H,13,14). The molecule has 3 N–H and O–H groups in total. The topological polar surface area (TPSA) is 139 Å². The highest BCUT2D eigenvalue weighted by Gasteiger charge is 2.33. The minimum Gasteiger partial charge on any atom is -0.493 e. The maximum absolute atomic E-state index is 11.6. The number of amides is 1. The van der Waals surface area contributed by atoms with E-state index in [9.17, 15) is 19.5 Å². The van der Waals surface area contributed by atoms with Crippen LogP contribution in [-0.2, 0) is 22.4 Å². The van der Waals surface area contributed by atoms with Crippen LogP contribution in [0.15, 0.2) is 83.3 Å². The monoisotopic (exact) mass is 598 g/mol. The van der Waals surface area contributed by atoms with E-state index >= 15 is 0 Å². The largest absolute Gasteiger partial charge is 0.493 e. The molecule has 5 rings (SSSR count). The van der Waals surface area contributed by atoms with E-state index in [2.05, 4.69) is 16.4 Å². The van der Waals surface area contributed by atoms with Crippen LogP contribution in [0, 0.1) is 12.8 Å². The zero-order valence-corrected chi connectivity index (χ0v) is 25.2. The number of nitrogens with zero attached hydrogens (tertiary/aromatic N) is 1. The van der Waals surface area contributed by atoms with Gasteiger partial charge in [-0.15, -0.1) is 0 Å². The van der Waals surface area contributed by atoms with Crippen LogP contribution in [0.5, 0.6) is 5.75 Å². The molecule has 1 aromatic heterocycles. The van der Waals surface area contributed by atoms with Crippen LogP contribution in [0.2, 0.25) is 0 Å². The zero-order chi connectivity index (χ0) is 31.6. The molecule has 0 aliphatic heterocycles. The third-order valence-electron chi connectivity index (χ3n) is 7.75. The summed E-state index contributed by atoms with van der Waals surface area (Å²) in [5.41, 5.74) is 4.68. The van der Waals surface area contributed by atoms with E-state index < -0.39 is 18.0 Å². The molecule has 0 spiro atoms. The lowest BCUT2D eigenvalue weighted by atomic mass is 9.85. The van der Waals surface area contributed by atoms with Gasteiger partial charge in [0.25, 0.3) is 5.91 Å². The molecule has 1 amide bonds. The van der Waals surface area contributed by atoms with Crippen LogP contribution in [-0.4, -0.2) is 45.7 Å². The average Bonchev–Trinajstić information content (AvgIpc) is 3.61. The Hall–Kier alpha value is -4.92. The van der Waals surface area contributed by atoms with Crippen LogP contribution >= 0.6 is 0 Å². The predicted molar refractivity (Wildman–Crippen MR) is 166 cm³/mol. The van der Waals surface area contributed by atoms with E-state index in [0.29, 0.717) is 30.9 Å². The molecule has 0 saturated heterocycles. The normalized spacial score (nSPS) is 14.8. The van der Waals surface area contributed by atoms with Gasteiger partial charge in [0, 0.05) is 17.5 Å². The Balaban J connectivity index is 0.000000265. The van der Waals surface area contributed by atoms with Crippen LogP contribution in [0.25, 0.3) is 11.5 Å². The number of hydrogen-bond acceptors (Lipinski definition) is 6. The number of rotatable bonds is 11. The molecule has 44 heavy (non-hydrogen) atoms. The van der Waals surface area contributed by atoms with Gasteiger partial charge in [-0.05, 0) is 86.6 Å². The minimum atomic E-state index is -1.05. The third-order valence-corrected chi connectivity index (χ3v) is 7.75. The lowest BCUT2D eigenvalue weighted by molar-refractivity contribution is -0.142. The van der Waals surface area contributed by atoms with Crippen molar-refractivity contribution in [1.82, 2.24) is 10.3 Å². The Labute approximate surface area is 256 Å². The van der Waals surface area contributed by atoms with Gasteiger partial charge in [0.2, 0.25) is 5.89 Å². The first kappa shape index (κ1) is 32.0. The first-order valence-electron chi connectivity index (χ1n) is 14.8. The van der Waals surface area contributed by atoms with Crippen molar-refractivity contribution in [3.63, 3.8) is 0 Å². The molecule has 0 saturated carbocycles. The molecule has 3 unspecified atom stereocenters. The maximum atomic E-state index is 11.6. The number of carboxylic acids is 2. The molecule has 0 radical (unpaired) electrons. The summed E-state index contributed by atoms with van der Waals surface area (Å²) in [5.74, 6) is -0.0463. The second-order valence-electron chi connectivity index (χ2n) is 10.8. The number of oxazole rings is 1. The van der Waals surface area contributed by atoms with Gasteiger partial charge in [0.15, 0.2) is 0 Å². The lowest BCUT2D eigenvalue weighted by Gasteiger charge is -2.19. The first-order chi connectivity index (χ1) is 21.2. The SMILES string of the molecule is CC(NC(=O)c1ccccc1)C(=O)O.CCC(C(=O)O)C1CCc2cc(OCCc3oc(-c4ccccc4)nc3C)ccc21. The summed E-state index contributed by atoms with van der Waals surface area (Å²) in [6.45, 7) is 5.82. The number of carboxylic acid groups (broad SMARTS) is 2.